The maximum Gasteiger partial charge on any atom is 0.440 e. The van der Waals surface area contributed by atoms with E-state index < -0.39 is 17.4 Å². The molecule has 0 atom stereocenters. The highest BCUT2D eigenvalue weighted by Gasteiger charge is 2.06. The van der Waals surface area contributed by atoms with Crippen molar-refractivity contribution in [1.29, 1.82) is 0 Å². The highest BCUT2D eigenvalue weighted by molar-refractivity contribution is 5.88. The quantitative estimate of drug-likeness (QED) is 0.477. The van der Waals surface area contributed by atoms with Crippen LogP contribution in [-0.2, 0) is 13.2 Å². The first-order valence-corrected chi connectivity index (χ1v) is 9.43. The minimum Gasteiger partial charge on any atom is -0.489 e. The van der Waals surface area contributed by atoms with Crippen molar-refractivity contribution < 1.29 is 19.2 Å². The minimum atomic E-state index is -0.954. The Morgan fingerprint density at radius 3 is 2.32 bits per heavy atom. The average Bonchev–Trinajstić information content (AvgIpc) is 3.10. The number of nitrogens with zero attached hydrogens (tertiary/aromatic N) is 1. The maximum atomic E-state index is 11.5. The van der Waals surface area contributed by atoms with Gasteiger partial charge in [0, 0.05) is 0 Å². The van der Waals surface area contributed by atoms with Crippen LogP contribution in [-0.4, -0.2) is 20.8 Å². The van der Waals surface area contributed by atoms with Crippen molar-refractivity contribution in [3.63, 3.8) is 0 Å². The molecule has 0 spiro atoms. The van der Waals surface area contributed by atoms with Gasteiger partial charge in [-0.1, -0.05) is 42.5 Å². The first-order chi connectivity index (χ1) is 15.0. The van der Waals surface area contributed by atoms with E-state index in [-0.39, 0.29) is 12.1 Å². The molecule has 2 N–H and O–H groups in total. The third-order valence-electron chi connectivity index (χ3n) is 4.68. The molecule has 0 saturated heterocycles. The van der Waals surface area contributed by atoms with Crippen molar-refractivity contribution in [3.05, 3.63) is 111 Å². The van der Waals surface area contributed by atoms with Crippen molar-refractivity contribution in [2.24, 2.45) is 0 Å². The van der Waals surface area contributed by atoms with E-state index in [0.717, 1.165) is 27.0 Å². The van der Waals surface area contributed by atoms with E-state index >= 15 is 0 Å². The molecule has 4 aromatic rings. The number of aromatic carboxylic acids is 1. The number of nitrogens with one attached hydrogen (secondary N) is 1. The summed E-state index contributed by atoms with van der Waals surface area (Å²) in [6, 6.07) is 21.7. The van der Waals surface area contributed by atoms with Crippen LogP contribution in [0.2, 0.25) is 0 Å². The van der Waals surface area contributed by atoms with Crippen molar-refractivity contribution in [1.82, 2.24) is 9.72 Å². The van der Waals surface area contributed by atoms with Gasteiger partial charge in [-0.25, -0.2) is 19.4 Å². The fourth-order valence-corrected chi connectivity index (χ4v) is 3.09. The molecule has 8 nitrogen and oxygen atoms in total. The van der Waals surface area contributed by atoms with Crippen molar-refractivity contribution in [2.45, 2.75) is 13.2 Å². The summed E-state index contributed by atoms with van der Waals surface area (Å²) in [5.41, 5.74) is 3.28. The predicted molar refractivity (Wildman–Crippen MR) is 112 cm³/mol. The smallest absolute Gasteiger partial charge is 0.440 e. The second-order valence-electron chi connectivity index (χ2n) is 6.86. The Morgan fingerprint density at radius 1 is 0.935 bits per heavy atom. The summed E-state index contributed by atoms with van der Waals surface area (Å²) in [5, 5.41) is 9.02. The number of carbonyl (C=O) groups is 1. The molecule has 0 bridgehead atoms. The second-order valence-corrected chi connectivity index (χ2v) is 6.86. The number of hydrogen-bond acceptors (Lipinski definition) is 5. The standard InChI is InChI=1S/C23H18N2O6/c26-21(27)18-8-6-17(7-9-18)19-3-1-2-16(12-19)14-30-20-10-4-15(5-11-20)13-25-22(28)24-23(29)31-25/h1-12H,13-14H2,(H,26,27)(H,24,28,29). The minimum absolute atomic E-state index is 0.139. The third kappa shape index (κ3) is 4.81. The van der Waals surface area contributed by atoms with E-state index in [1.165, 1.54) is 0 Å². The predicted octanol–water partition coefficient (Wildman–Crippen LogP) is 3.12. The molecule has 0 radical (unpaired) electrons. The summed E-state index contributed by atoms with van der Waals surface area (Å²) in [6.07, 6.45) is 0. The van der Waals surface area contributed by atoms with Crippen molar-refractivity contribution >= 4 is 5.97 Å². The lowest BCUT2D eigenvalue weighted by atomic mass is 10.0. The van der Waals surface area contributed by atoms with E-state index in [1.54, 1.807) is 48.5 Å². The SMILES string of the molecule is O=C(O)c1ccc(-c2cccc(COc3ccc(Cn4oc(=O)[nH]c4=O)cc3)c2)cc1. The average molecular weight is 418 g/mol. The van der Waals surface area contributed by atoms with Crippen molar-refractivity contribution in [2.75, 3.05) is 0 Å². The molecule has 0 saturated carbocycles. The Kier molecular flexibility index (Phi) is 5.53. The molecule has 8 heteroatoms. The fraction of sp³-hybridized carbons (Fsp3) is 0.0870. The molecular weight excluding hydrogens is 400 g/mol. The summed E-state index contributed by atoms with van der Waals surface area (Å²) in [5.74, 6) is -1.09. The zero-order chi connectivity index (χ0) is 21.8. The van der Waals surface area contributed by atoms with Gasteiger partial charge in [0.2, 0.25) is 0 Å². The van der Waals surface area contributed by atoms with Gasteiger partial charge in [-0.3, -0.25) is 0 Å². The van der Waals surface area contributed by atoms with Crippen LogP contribution in [0.5, 0.6) is 5.75 Å². The van der Waals surface area contributed by atoms with Crippen LogP contribution in [0.15, 0.2) is 86.9 Å². The zero-order valence-electron chi connectivity index (χ0n) is 16.3. The van der Waals surface area contributed by atoms with Crippen LogP contribution in [0.3, 0.4) is 0 Å². The highest BCUT2D eigenvalue weighted by atomic mass is 16.5. The Bertz CT molecular complexity index is 1310. The van der Waals surface area contributed by atoms with E-state index in [9.17, 15) is 14.4 Å². The Balaban J connectivity index is 1.40. The summed E-state index contributed by atoms with van der Waals surface area (Å²) < 4.78 is 11.5. The number of ether oxygens (including phenoxy) is 1. The van der Waals surface area contributed by atoms with Crippen LogP contribution < -0.4 is 16.2 Å². The van der Waals surface area contributed by atoms with Crippen LogP contribution in [0.25, 0.3) is 11.1 Å². The number of carboxylic acid groups (broad SMARTS) is 1. The van der Waals surface area contributed by atoms with Gasteiger partial charge in [0.15, 0.2) is 0 Å². The number of hydrogen-bond donors (Lipinski definition) is 2. The molecule has 3 aromatic carbocycles. The van der Waals surface area contributed by atoms with E-state index in [0.29, 0.717) is 12.4 Å². The number of benzene rings is 3. The molecule has 0 aliphatic heterocycles. The number of carboxylic acids is 1. The zero-order valence-corrected chi connectivity index (χ0v) is 16.3. The highest BCUT2D eigenvalue weighted by Crippen LogP contribution is 2.22. The van der Waals surface area contributed by atoms with E-state index in [4.69, 9.17) is 14.4 Å². The summed E-state index contributed by atoms with van der Waals surface area (Å²) in [4.78, 5) is 35.6. The molecule has 31 heavy (non-hydrogen) atoms. The lowest BCUT2D eigenvalue weighted by molar-refractivity contribution is 0.0697. The summed E-state index contributed by atoms with van der Waals surface area (Å²) in [7, 11) is 0. The van der Waals surface area contributed by atoms with Crippen molar-refractivity contribution in [3.8, 4) is 16.9 Å². The number of rotatable bonds is 7. The molecule has 0 unspecified atom stereocenters. The van der Waals surface area contributed by atoms with Crippen LogP contribution in [0.1, 0.15) is 21.5 Å². The number of aromatic amines is 1. The Hall–Kier alpha value is -4.33. The largest absolute Gasteiger partial charge is 0.489 e. The van der Waals surface area contributed by atoms with Gasteiger partial charge in [-0.15, -0.1) is 4.74 Å². The summed E-state index contributed by atoms with van der Waals surface area (Å²) >= 11 is 0. The number of H-pyrrole nitrogens is 1. The van der Waals surface area contributed by atoms with Gasteiger partial charge in [0.25, 0.3) is 0 Å². The lowest BCUT2D eigenvalue weighted by Gasteiger charge is -2.09. The lowest BCUT2D eigenvalue weighted by Crippen LogP contribution is -2.17. The van der Waals surface area contributed by atoms with Gasteiger partial charge in [-0.05, 0) is 52.6 Å². The Labute approximate surface area is 175 Å². The molecule has 1 aromatic heterocycles. The van der Waals surface area contributed by atoms with Gasteiger partial charge < -0.3 is 14.4 Å². The molecule has 1 heterocycles. The molecule has 0 aliphatic rings. The number of aromatic nitrogens is 2. The van der Waals surface area contributed by atoms with E-state index in [1.807, 2.05) is 29.2 Å². The molecule has 0 fully saturated rings. The first-order valence-electron chi connectivity index (χ1n) is 9.43. The normalized spacial score (nSPS) is 10.7. The maximum absolute atomic E-state index is 11.5. The summed E-state index contributed by atoms with van der Waals surface area (Å²) in [6.45, 7) is 0.493. The second kappa shape index (κ2) is 8.58. The monoisotopic (exact) mass is 418 g/mol. The molecular formula is C23H18N2O6. The van der Waals surface area contributed by atoms with Gasteiger partial charge in [0.1, 0.15) is 12.4 Å². The molecule has 156 valence electrons. The van der Waals surface area contributed by atoms with Gasteiger partial charge in [-0.2, -0.15) is 0 Å². The first kappa shape index (κ1) is 20.0. The third-order valence-corrected chi connectivity index (χ3v) is 4.68. The van der Waals surface area contributed by atoms with E-state index in [2.05, 4.69) is 0 Å². The molecule has 0 amide bonds. The van der Waals surface area contributed by atoms with Gasteiger partial charge >= 0.3 is 17.4 Å². The van der Waals surface area contributed by atoms with Crippen LogP contribution >= 0.6 is 0 Å². The Morgan fingerprint density at radius 2 is 1.68 bits per heavy atom. The van der Waals surface area contributed by atoms with Crippen LogP contribution in [0, 0.1) is 0 Å². The fourth-order valence-electron chi connectivity index (χ4n) is 3.09. The van der Waals surface area contributed by atoms with Gasteiger partial charge in [0.05, 0.1) is 12.1 Å². The molecule has 0 aliphatic carbocycles. The topological polar surface area (TPSA) is 115 Å². The van der Waals surface area contributed by atoms with Crippen LogP contribution in [0.4, 0.5) is 0 Å². The molecule has 4 rings (SSSR count).